The molecule has 1 saturated heterocycles. The fraction of sp³-hybridized carbons (Fsp3) is 0.571. The van der Waals surface area contributed by atoms with E-state index >= 15 is 0 Å². The summed E-state index contributed by atoms with van der Waals surface area (Å²) >= 11 is 0. The van der Waals surface area contributed by atoms with Crippen LogP contribution in [0.25, 0.3) is 0 Å². The van der Waals surface area contributed by atoms with Crippen molar-refractivity contribution < 1.29 is 14.2 Å². The highest BCUT2D eigenvalue weighted by atomic mass is 19.1. The van der Waals surface area contributed by atoms with Gasteiger partial charge >= 0.3 is 0 Å². The molecule has 0 spiro atoms. The van der Waals surface area contributed by atoms with Gasteiger partial charge in [0.05, 0.1) is 0 Å². The molecule has 1 heterocycles. The molecule has 0 amide bonds. The Labute approximate surface area is 107 Å². The minimum atomic E-state index is -0.315. The van der Waals surface area contributed by atoms with Crippen LogP contribution in [0.4, 0.5) is 4.39 Å². The van der Waals surface area contributed by atoms with Crippen molar-refractivity contribution in [2.75, 3.05) is 32.8 Å². The molecule has 0 bridgehead atoms. The summed E-state index contributed by atoms with van der Waals surface area (Å²) in [5, 5.41) is 9.14. The number of aliphatic hydroxyl groups is 1. The number of para-hydroxylation sites is 1. The van der Waals surface area contributed by atoms with Gasteiger partial charge in [-0.15, -0.1) is 0 Å². The minimum Gasteiger partial charge on any atom is -0.489 e. The van der Waals surface area contributed by atoms with Gasteiger partial charge in [0.25, 0.3) is 0 Å². The predicted octanol–water partition coefficient (Wildman–Crippen LogP) is 1.91. The Morgan fingerprint density at radius 3 is 3.00 bits per heavy atom. The molecule has 1 aromatic carbocycles. The standard InChI is InChI=1S/C14H20FNO2/c15-13-5-1-2-6-14(13)18-9-8-16-7-3-4-12(10-16)11-17/h1-2,5-6,12,17H,3-4,7-11H2. The summed E-state index contributed by atoms with van der Waals surface area (Å²) in [6.07, 6.45) is 2.21. The van der Waals surface area contributed by atoms with E-state index in [1.54, 1.807) is 18.2 Å². The maximum atomic E-state index is 13.3. The third-order valence-corrected chi connectivity index (χ3v) is 3.36. The van der Waals surface area contributed by atoms with Gasteiger partial charge in [-0.05, 0) is 37.4 Å². The Hall–Kier alpha value is -1.13. The first-order chi connectivity index (χ1) is 8.79. The molecule has 1 aliphatic heterocycles. The van der Waals surface area contributed by atoms with Crippen LogP contribution in [0.15, 0.2) is 24.3 Å². The maximum absolute atomic E-state index is 13.3. The lowest BCUT2D eigenvalue weighted by Gasteiger charge is -2.31. The second-order valence-corrected chi connectivity index (χ2v) is 4.77. The third-order valence-electron chi connectivity index (χ3n) is 3.36. The van der Waals surface area contributed by atoms with Crippen molar-refractivity contribution in [1.82, 2.24) is 4.90 Å². The van der Waals surface area contributed by atoms with Crippen LogP contribution >= 0.6 is 0 Å². The van der Waals surface area contributed by atoms with Crippen LogP contribution in [0.3, 0.4) is 0 Å². The van der Waals surface area contributed by atoms with E-state index in [0.29, 0.717) is 18.3 Å². The van der Waals surface area contributed by atoms with Gasteiger partial charge in [-0.25, -0.2) is 4.39 Å². The topological polar surface area (TPSA) is 32.7 Å². The van der Waals surface area contributed by atoms with Gasteiger partial charge in [-0.1, -0.05) is 12.1 Å². The number of hydrogen-bond acceptors (Lipinski definition) is 3. The third kappa shape index (κ3) is 3.68. The minimum absolute atomic E-state index is 0.255. The largest absolute Gasteiger partial charge is 0.489 e. The lowest BCUT2D eigenvalue weighted by atomic mass is 9.99. The molecule has 0 radical (unpaired) electrons. The van der Waals surface area contributed by atoms with Crippen molar-refractivity contribution in [3.05, 3.63) is 30.1 Å². The molecule has 1 fully saturated rings. The van der Waals surface area contributed by atoms with Crippen LogP contribution in [0.5, 0.6) is 5.75 Å². The molecule has 0 aromatic heterocycles. The van der Waals surface area contributed by atoms with E-state index in [-0.39, 0.29) is 12.4 Å². The van der Waals surface area contributed by atoms with Gasteiger partial charge in [-0.2, -0.15) is 0 Å². The van der Waals surface area contributed by atoms with Crippen LogP contribution < -0.4 is 4.74 Å². The second kappa shape index (κ2) is 6.71. The van der Waals surface area contributed by atoms with E-state index in [4.69, 9.17) is 9.84 Å². The molecule has 1 atom stereocenters. The van der Waals surface area contributed by atoms with Gasteiger partial charge in [0.15, 0.2) is 11.6 Å². The number of rotatable bonds is 5. The maximum Gasteiger partial charge on any atom is 0.165 e. The molecule has 1 N–H and O–H groups in total. The molecule has 0 saturated carbocycles. The number of piperidine rings is 1. The summed E-state index contributed by atoms with van der Waals surface area (Å²) < 4.78 is 18.7. The quantitative estimate of drug-likeness (QED) is 0.870. The molecule has 100 valence electrons. The Balaban J connectivity index is 1.73. The highest BCUT2D eigenvalue weighted by Crippen LogP contribution is 2.17. The van der Waals surface area contributed by atoms with Crippen LogP contribution in [-0.2, 0) is 0 Å². The first kappa shape index (κ1) is 13.3. The van der Waals surface area contributed by atoms with Crippen LogP contribution in [-0.4, -0.2) is 42.9 Å². The first-order valence-corrected chi connectivity index (χ1v) is 6.50. The smallest absolute Gasteiger partial charge is 0.165 e. The number of halogens is 1. The number of aliphatic hydroxyl groups excluding tert-OH is 1. The van der Waals surface area contributed by atoms with E-state index in [9.17, 15) is 4.39 Å². The van der Waals surface area contributed by atoms with E-state index in [1.807, 2.05) is 0 Å². The molecule has 1 unspecified atom stereocenters. The van der Waals surface area contributed by atoms with Crippen LogP contribution in [0, 0.1) is 11.7 Å². The Morgan fingerprint density at radius 2 is 2.22 bits per heavy atom. The van der Waals surface area contributed by atoms with E-state index in [2.05, 4.69) is 4.90 Å². The van der Waals surface area contributed by atoms with Crippen LogP contribution in [0.1, 0.15) is 12.8 Å². The molecular weight excluding hydrogens is 233 g/mol. The highest BCUT2D eigenvalue weighted by molar-refractivity contribution is 5.23. The van der Waals surface area contributed by atoms with E-state index in [1.165, 1.54) is 6.07 Å². The van der Waals surface area contributed by atoms with Crippen molar-refractivity contribution in [2.24, 2.45) is 5.92 Å². The Morgan fingerprint density at radius 1 is 1.39 bits per heavy atom. The summed E-state index contributed by atoms with van der Waals surface area (Å²) in [5.74, 6) is 0.379. The van der Waals surface area contributed by atoms with E-state index < -0.39 is 0 Å². The zero-order chi connectivity index (χ0) is 12.8. The molecule has 2 rings (SSSR count). The van der Waals surface area contributed by atoms with E-state index in [0.717, 1.165) is 32.5 Å². The molecule has 0 aliphatic carbocycles. The SMILES string of the molecule is OCC1CCCN(CCOc2ccccc2F)C1. The van der Waals surface area contributed by atoms with Gasteiger partial charge in [0.2, 0.25) is 0 Å². The molecule has 4 heteroatoms. The lowest BCUT2D eigenvalue weighted by Crippen LogP contribution is -2.39. The monoisotopic (exact) mass is 253 g/mol. The van der Waals surface area contributed by atoms with Gasteiger partial charge < -0.3 is 9.84 Å². The number of ether oxygens (including phenoxy) is 1. The fourth-order valence-electron chi connectivity index (χ4n) is 2.35. The van der Waals surface area contributed by atoms with Crippen molar-refractivity contribution in [1.29, 1.82) is 0 Å². The number of benzene rings is 1. The molecule has 18 heavy (non-hydrogen) atoms. The van der Waals surface area contributed by atoms with Crippen LogP contribution in [0.2, 0.25) is 0 Å². The van der Waals surface area contributed by atoms with Gasteiger partial charge in [0.1, 0.15) is 6.61 Å². The fourth-order valence-corrected chi connectivity index (χ4v) is 2.35. The average molecular weight is 253 g/mol. The second-order valence-electron chi connectivity index (χ2n) is 4.77. The van der Waals surface area contributed by atoms with Crippen molar-refractivity contribution in [3.63, 3.8) is 0 Å². The van der Waals surface area contributed by atoms with Crippen molar-refractivity contribution >= 4 is 0 Å². The number of hydrogen-bond donors (Lipinski definition) is 1. The summed E-state index contributed by atoms with van der Waals surface area (Å²) in [6, 6.07) is 6.46. The molecule has 1 aromatic rings. The van der Waals surface area contributed by atoms with Gasteiger partial charge in [0, 0.05) is 19.7 Å². The first-order valence-electron chi connectivity index (χ1n) is 6.50. The molecule has 1 aliphatic rings. The summed E-state index contributed by atoms with van der Waals surface area (Å²) in [7, 11) is 0. The zero-order valence-electron chi connectivity index (χ0n) is 10.5. The molecular formula is C14H20FNO2. The summed E-state index contributed by atoms with van der Waals surface area (Å²) in [5.41, 5.74) is 0. The number of nitrogens with zero attached hydrogens (tertiary/aromatic N) is 1. The normalized spacial score (nSPS) is 20.9. The van der Waals surface area contributed by atoms with Crippen molar-refractivity contribution in [2.45, 2.75) is 12.8 Å². The summed E-state index contributed by atoms with van der Waals surface area (Å²) in [6.45, 7) is 3.48. The van der Waals surface area contributed by atoms with Crippen molar-refractivity contribution in [3.8, 4) is 5.75 Å². The Bertz CT molecular complexity index is 373. The zero-order valence-corrected chi connectivity index (χ0v) is 10.5. The molecule has 3 nitrogen and oxygen atoms in total. The highest BCUT2D eigenvalue weighted by Gasteiger charge is 2.18. The number of likely N-dealkylation sites (tertiary alicyclic amines) is 1. The average Bonchev–Trinajstić information content (AvgIpc) is 2.41. The summed E-state index contributed by atoms with van der Waals surface area (Å²) in [4.78, 5) is 2.27. The Kier molecular flexibility index (Phi) is 4.96. The van der Waals surface area contributed by atoms with Gasteiger partial charge in [-0.3, -0.25) is 4.90 Å². The predicted molar refractivity (Wildman–Crippen MR) is 68.1 cm³/mol. The lowest BCUT2D eigenvalue weighted by molar-refractivity contribution is 0.107.